The molecule has 0 saturated carbocycles. The van der Waals surface area contributed by atoms with Crippen molar-refractivity contribution in [3.05, 3.63) is 12.7 Å². The van der Waals surface area contributed by atoms with Crippen LogP contribution in [0.4, 0.5) is 0 Å². The van der Waals surface area contributed by atoms with Crippen LogP contribution in [0, 0.1) is 0 Å². The lowest BCUT2D eigenvalue weighted by Gasteiger charge is -2.62. The highest BCUT2D eigenvalue weighted by Crippen LogP contribution is 2.60. The maximum Gasteiger partial charge on any atom is 0.135 e. The highest BCUT2D eigenvalue weighted by atomic mass is 28.4. The third-order valence-corrected chi connectivity index (χ3v) is 16.8. The number of allylic oxidation sites excluding steroid dienone is 1. The van der Waals surface area contributed by atoms with Crippen molar-refractivity contribution < 1.29 is 0 Å². The van der Waals surface area contributed by atoms with Gasteiger partial charge < -0.3 is 4.65 Å². The van der Waals surface area contributed by atoms with Gasteiger partial charge in [-0.3, -0.25) is 0 Å². The van der Waals surface area contributed by atoms with Crippen molar-refractivity contribution >= 4 is 16.5 Å². The average Bonchev–Trinajstić information content (AvgIpc) is 2.07. The smallest absolute Gasteiger partial charge is 0.135 e. The molecule has 20 heavy (non-hydrogen) atoms. The molecule has 0 aromatic carbocycles. The molecule has 0 aromatic rings. The Balaban J connectivity index is 6.13. The fourth-order valence-corrected chi connectivity index (χ4v) is 21.3. The number of hydrogen-bond acceptors (Lipinski definition) is 1. The Hall–Kier alpha value is 0.134. The maximum absolute atomic E-state index is 4.33. The number of hydrogen-bond donors (Lipinski definition) is 1. The van der Waals surface area contributed by atoms with Gasteiger partial charge in [0.25, 0.3) is 0 Å². The first kappa shape index (κ1) is 20.1. The van der Waals surface area contributed by atoms with E-state index in [-0.39, 0.29) is 0 Å². The van der Waals surface area contributed by atoms with Crippen LogP contribution in [0.1, 0.15) is 62.3 Å². The van der Waals surface area contributed by atoms with E-state index in [1.54, 1.807) is 0 Å². The highest BCUT2D eigenvalue weighted by molar-refractivity contribution is 6.96. The van der Waals surface area contributed by atoms with Crippen LogP contribution < -0.4 is 4.65 Å². The molecule has 0 saturated heterocycles. The molecule has 0 bridgehead atoms. The van der Waals surface area contributed by atoms with Crippen molar-refractivity contribution in [2.75, 3.05) is 0 Å². The van der Waals surface area contributed by atoms with E-state index in [9.17, 15) is 0 Å². The fraction of sp³-hybridized carbons (Fsp3) is 0.882. The molecule has 0 aromatic heterocycles. The molecule has 120 valence electrons. The van der Waals surface area contributed by atoms with E-state index in [0.717, 1.165) is 6.04 Å². The lowest BCUT2D eigenvalue weighted by molar-refractivity contribution is 0.519. The summed E-state index contributed by atoms with van der Waals surface area (Å²) >= 11 is 0. The first-order valence-corrected chi connectivity index (χ1v) is 13.1. The van der Waals surface area contributed by atoms with Gasteiger partial charge in [-0.25, -0.2) is 0 Å². The molecule has 0 amide bonds. The minimum atomic E-state index is -1.81. The second-order valence-electron chi connectivity index (χ2n) is 10.0. The average molecular weight is 314 g/mol. The third kappa shape index (κ3) is 3.86. The summed E-state index contributed by atoms with van der Waals surface area (Å²) in [4.78, 5) is 0. The zero-order chi connectivity index (χ0) is 16.6. The number of nitrogens with one attached hydrogen (secondary N) is 1. The zero-order valence-electron chi connectivity index (χ0n) is 16.0. The molecule has 0 aliphatic rings. The molecule has 0 spiro atoms. The summed E-state index contributed by atoms with van der Waals surface area (Å²) < 4.78 is 4.33. The molecule has 0 unspecified atom stereocenters. The number of rotatable bonds is 4. The van der Waals surface area contributed by atoms with Crippen molar-refractivity contribution in [1.82, 2.24) is 4.65 Å². The van der Waals surface area contributed by atoms with E-state index in [2.05, 4.69) is 92.7 Å². The van der Waals surface area contributed by atoms with Gasteiger partial charge in [0.05, 0.1) is 0 Å². The molecule has 0 heterocycles. The first-order valence-electron chi connectivity index (χ1n) is 7.92. The van der Waals surface area contributed by atoms with Crippen molar-refractivity contribution in [1.29, 1.82) is 0 Å². The van der Waals surface area contributed by atoms with E-state index in [4.69, 9.17) is 0 Å². The van der Waals surface area contributed by atoms with E-state index >= 15 is 0 Å². The van der Waals surface area contributed by atoms with Crippen LogP contribution >= 0.6 is 0 Å². The van der Waals surface area contributed by atoms with Crippen molar-refractivity contribution in [3.63, 3.8) is 0 Å². The Labute approximate surface area is 130 Å². The minimum absolute atomic E-state index is 0.314. The highest BCUT2D eigenvalue weighted by Gasteiger charge is 2.61. The molecule has 1 nitrogen and oxygen atoms in total. The standard InChI is InChI=1S/C17H39NSi2/c1-13-14-19(11,12)18-20(15(2,3)4,16(5,6)7)17(8,9)10/h13,18H,1,14H2,2-12H3. The van der Waals surface area contributed by atoms with E-state index in [1.807, 2.05) is 0 Å². The molecule has 0 rings (SSSR count). The van der Waals surface area contributed by atoms with E-state index in [0.29, 0.717) is 15.1 Å². The third-order valence-electron chi connectivity index (χ3n) is 4.56. The Morgan fingerprint density at radius 1 is 0.800 bits per heavy atom. The Morgan fingerprint density at radius 2 is 1.10 bits per heavy atom. The normalized spacial score (nSPS) is 15.3. The van der Waals surface area contributed by atoms with Gasteiger partial charge in [-0.2, -0.15) is 0 Å². The summed E-state index contributed by atoms with van der Waals surface area (Å²) in [5.41, 5.74) is 0. The lowest BCUT2D eigenvalue weighted by atomic mass is 10.2. The molecular formula is C17H39NSi2. The summed E-state index contributed by atoms with van der Waals surface area (Å²) in [6.07, 6.45) is 2.10. The van der Waals surface area contributed by atoms with Crippen molar-refractivity contribution in [2.24, 2.45) is 0 Å². The quantitative estimate of drug-likeness (QED) is 0.473. The molecule has 3 heteroatoms. The van der Waals surface area contributed by atoms with Gasteiger partial charge in [-0.05, 0) is 21.2 Å². The second-order valence-corrected chi connectivity index (χ2v) is 21.2. The molecule has 0 aliphatic carbocycles. The fourth-order valence-electron chi connectivity index (χ4n) is 4.86. The predicted molar refractivity (Wildman–Crippen MR) is 101 cm³/mol. The van der Waals surface area contributed by atoms with Gasteiger partial charge in [0.2, 0.25) is 0 Å². The van der Waals surface area contributed by atoms with Crippen molar-refractivity contribution in [3.8, 4) is 0 Å². The Morgan fingerprint density at radius 3 is 1.30 bits per heavy atom. The Bertz CT molecular complexity index is 301. The van der Waals surface area contributed by atoms with Crippen LogP contribution in [0.15, 0.2) is 12.7 Å². The molecular weight excluding hydrogens is 274 g/mol. The van der Waals surface area contributed by atoms with E-state index < -0.39 is 16.5 Å². The van der Waals surface area contributed by atoms with Gasteiger partial charge in [-0.15, -0.1) is 6.58 Å². The molecule has 1 N–H and O–H groups in total. The minimum Gasteiger partial charge on any atom is -0.358 e. The summed E-state index contributed by atoms with van der Waals surface area (Å²) in [6, 6.07) is 1.14. The topological polar surface area (TPSA) is 12.0 Å². The van der Waals surface area contributed by atoms with Crippen LogP contribution in [0.2, 0.25) is 34.3 Å². The first-order chi connectivity index (χ1) is 8.52. The monoisotopic (exact) mass is 313 g/mol. The van der Waals surface area contributed by atoms with Crippen molar-refractivity contribution in [2.45, 2.75) is 96.6 Å². The predicted octanol–water partition coefficient (Wildman–Crippen LogP) is 6.31. The largest absolute Gasteiger partial charge is 0.358 e. The van der Waals surface area contributed by atoms with Gasteiger partial charge in [0, 0.05) is 0 Å². The van der Waals surface area contributed by atoms with Crippen LogP contribution in [0.5, 0.6) is 0 Å². The van der Waals surface area contributed by atoms with Gasteiger partial charge >= 0.3 is 0 Å². The summed E-state index contributed by atoms with van der Waals surface area (Å²) in [7, 11) is -3.28. The second kappa shape index (κ2) is 5.73. The maximum atomic E-state index is 4.33. The summed E-state index contributed by atoms with van der Waals surface area (Å²) in [5, 5.41) is 0.943. The van der Waals surface area contributed by atoms with Gasteiger partial charge in [-0.1, -0.05) is 81.5 Å². The van der Waals surface area contributed by atoms with Crippen LogP contribution in [0.25, 0.3) is 0 Å². The summed E-state index contributed by atoms with van der Waals surface area (Å²) in [6.45, 7) is 30.9. The molecule has 0 aliphatic heterocycles. The van der Waals surface area contributed by atoms with Crippen LogP contribution in [0.3, 0.4) is 0 Å². The van der Waals surface area contributed by atoms with E-state index in [1.165, 1.54) is 0 Å². The van der Waals surface area contributed by atoms with Gasteiger partial charge in [0.15, 0.2) is 0 Å². The van der Waals surface area contributed by atoms with Crippen LogP contribution in [-0.2, 0) is 0 Å². The molecule has 0 atom stereocenters. The Kier molecular flexibility index (Phi) is 5.77. The lowest BCUT2D eigenvalue weighted by Crippen LogP contribution is -2.74. The zero-order valence-corrected chi connectivity index (χ0v) is 18.0. The summed E-state index contributed by atoms with van der Waals surface area (Å²) in [5.74, 6) is 0. The molecule has 0 radical (unpaired) electrons. The SMILES string of the molecule is C=CC[Si](C)(C)N[Si](C(C)(C)C)(C(C)(C)C)C(C)(C)C. The van der Waals surface area contributed by atoms with Gasteiger partial charge in [0.1, 0.15) is 16.5 Å². The molecule has 0 fully saturated rings. The van der Waals surface area contributed by atoms with Crippen LogP contribution in [-0.4, -0.2) is 16.5 Å².